The van der Waals surface area contributed by atoms with Gasteiger partial charge in [0.1, 0.15) is 24.4 Å². The summed E-state index contributed by atoms with van der Waals surface area (Å²) in [7, 11) is 2.16. The van der Waals surface area contributed by atoms with E-state index in [4.69, 9.17) is 4.74 Å². The van der Waals surface area contributed by atoms with Crippen molar-refractivity contribution in [1.82, 2.24) is 10.2 Å². The third-order valence-corrected chi connectivity index (χ3v) is 5.81. The second kappa shape index (κ2) is 10.4. The van der Waals surface area contributed by atoms with E-state index in [0.717, 1.165) is 24.4 Å². The monoisotopic (exact) mass is 424 g/mol. The van der Waals surface area contributed by atoms with Crippen LogP contribution < -0.4 is 15.0 Å². The summed E-state index contributed by atoms with van der Waals surface area (Å²) < 4.78 is 5.45. The topological polar surface area (TPSA) is 63.1 Å². The summed E-state index contributed by atoms with van der Waals surface area (Å²) in [5.41, 5.74) is 1.65. The number of nitrogens with one attached hydrogen (secondary N) is 2. The number of benzene rings is 2. The Morgan fingerprint density at radius 3 is 2.42 bits per heavy atom. The van der Waals surface area contributed by atoms with Crippen LogP contribution in [0.15, 0.2) is 54.6 Å². The number of likely N-dealkylation sites (N-methyl/N-ethyl adjacent to an activating group) is 1. The number of hydrogen-bond acceptors (Lipinski definition) is 3. The number of carbonyl (C=O) groups excluding carboxylic acids is 2. The van der Waals surface area contributed by atoms with Crippen LogP contribution in [0, 0.1) is 5.92 Å². The van der Waals surface area contributed by atoms with Gasteiger partial charge in [0.15, 0.2) is 0 Å². The van der Waals surface area contributed by atoms with E-state index in [1.165, 1.54) is 4.90 Å². The molecule has 0 bridgehead atoms. The SMILES string of the molecule is CCOc1ccc(C(=O)N[C@@H](C(=O)N2CC[NH+](C)C[C@@H]2c2ccccc2)C(C)C)cc1. The first-order chi connectivity index (χ1) is 14.9. The molecule has 6 heteroatoms. The molecule has 2 aromatic rings. The lowest BCUT2D eigenvalue weighted by molar-refractivity contribution is -0.887. The van der Waals surface area contributed by atoms with E-state index in [9.17, 15) is 9.59 Å². The van der Waals surface area contributed by atoms with E-state index >= 15 is 0 Å². The van der Waals surface area contributed by atoms with Crippen LogP contribution >= 0.6 is 0 Å². The number of quaternary nitrogens is 1. The van der Waals surface area contributed by atoms with Crippen molar-refractivity contribution in [3.05, 3.63) is 65.7 Å². The van der Waals surface area contributed by atoms with Crippen LogP contribution in [0.4, 0.5) is 0 Å². The highest BCUT2D eigenvalue weighted by Gasteiger charge is 2.37. The lowest BCUT2D eigenvalue weighted by Gasteiger charge is -2.40. The molecule has 0 aromatic heterocycles. The predicted octanol–water partition coefficient (Wildman–Crippen LogP) is 1.94. The zero-order chi connectivity index (χ0) is 22.4. The quantitative estimate of drug-likeness (QED) is 0.714. The van der Waals surface area contributed by atoms with Gasteiger partial charge in [-0.25, -0.2) is 0 Å². The Bertz CT molecular complexity index is 867. The average molecular weight is 425 g/mol. The smallest absolute Gasteiger partial charge is 0.251 e. The molecule has 3 rings (SSSR count). The van der Waals surface area contributed by atoms with E-state index in [-0.39, 0.29) is 23.8 Å². The van der Waals surface area contributed by atoms with E-state index in [2.05, 4.69) is 24.5 Å². The maximum absolute atomic E-state index is 13.6. The Kier molecular flexibility index (Phi) is 7.69. The number of rotatable bonds is 7. The van der Waals surface area contributed by atoms with Crippen molar-refractivity contribution in [2.75, 3.05) is 33.3 Å². The summed E-state index contributed by atoms with van der Waals surface area (Å²) in [6.07, 6.45) is 0. The number of carbonyl (C=O) groups is 2. The first-order valence-electron chi connectivity index (χ1n) is 11.1. The Morgan fingerprint density at radius 2 is 1.81 bits per heavy atom. The fraction of sp³-hybridized carbons (Fsp3) is 0.440. The van der Waals surface area contributed by atoms with E-state index in [1.807, 2.05) is 43.9 Å². The van der Waals surface area contributed by atoms with Gasteiger partial charge in [0.05, 0.1) is 26.7 Å². The molecule has 1 saturated heterocycles. The van der Waals surface area contributed by atoms with Gasteiger partial charge in [0, 0.05) is 5.56 Å². The lowest BCUT2D eigenvalue weighted by atomic mass is 9.97. The number of amides is 2. The van der Waals surface area contributed by atoms with E-state index in [0.29, 0.717) is 18.7 Å². The van der Waals surface area contributed by atoms with Crippen molar-refractivity contribution >= 4 is 11.8 Å². The fourth-order valence-electron chi connectivity index (χ4n) is 4.03. The molecular formula is C25H34N3O3+. The normalized spacial score (nSPS) is 19.7. The molecule has 1 aliphatic heterocycles. The van der Waals surface area contributed by atoms with Gasteiger partial charge in [0.25, 0.3) is 5.91 Å². The molecule has 6 nitrogen and oxygen atoms in total. The van der Waals surface area contributed by atoms with Crippen molar-refractivity contribution < 1.29 is 19.2 Å². The summed E-state index contributed by atoms with van der Waals surface area (Å²) in [4.78, 5) is 29.9. The minimum atomic E-state index is -0.580. The summed E-state index contributed by atoms with van der Waals surface area (Å²) in [5.74, 6) is 0.436. The molecule has 2 aromatic carbocycles. The van der Waals surface area contributed by atoms with Crippen LogP contribution in [0.25, 0.3) is 0 Å². The summed E-state index contributed by atoms with van der Waals surface area (Å²) >= 11 is 0. The number of ether oxygens (including phenoxy) is 1. The molecule has 0 saturated carbocycles. The Balaban J connectivity index is 1.77. The summed E-state index contributed by atoms with van der Waals surface area (Å²) in [6, 6.07) is 16.6. The van der Waals surface area contributed by atoms with Gasteiger partial charge in [0.2, 0.25) is 5.91 Å². The molecule has 0 radical (unpaired) electrons. The van der Waals surface area contributed by atoms with Gasteiger partial charge in [-0.1, -0.05) is 44.2 Å². The number of nitrogens with zero attached hydrogens (tertiary/aromatic N) is 1. The van der Waals surface area contributed by atoms with Crippen LogP contribution in [0.1, 0.15) is 42.7 Å². The molecule has 166 valence electrons. The van der Waals surface area contributed by atoms with Crippen LogP contribution in [-0.2, 0) is 4.79 Å². The molecule has 2 amide bonds. The summed E-state index contributed by atoms with van der Waals surface area (Å²) in [5, 5.41) is 2.99. The molecule has 0 spiro atoms. The van der Waals surface area contributed by atoms with Crippen molar-refractivity contribution in [3.8, 4) is 5.75 Å². The Morgan fingerprint density at radius 1 is 1.13 bits per heavy atom. The van der Waals surface area contributed by atoms with Gasteiger partial charge < -0.3 is 19.9 Å². The molecule has 2 N–H and O–H groups in total. The first-order valence-corrected chi connectivity index (χ1v) is 11.1. The largest absolute Gasteiger partial charge is 0.494 e. The second-order valence-corrected chi connectivity index (χ2v) is 8.52. The first kappa shape index (κ1) is 22.8. The highest BCUT2D eigenvalue weighted by molar-refractivity contribution is 5.97. The fourth-order valence-corrected chi connectivity index (χ4v) is 4.03. The van der Waals surface area contributed by atoms with Crippen LogP contribution in [0.5, 0.6) is 5.75 Å². The lowest BCUT2D eigenvalue weighted by Crippen LogP contribution is -3.12. The van der Waals surface area contributed by atoms with Crippen molar-refractivity contribution in [3.63, 3.8) is 0 Å². The van der Waals surface area contributed by atoms with Crippen molar-refractivity contribution in [2.45, 2.75) is 32.9 Å². The van der Waals surface area contributed by atoms with Gasteiger partial charge in [-0.05, 0) is 42.7 Å². The third kappa shape index (κ3) is 5.64. The Hall–Kier alpha value is -2.86. The molecule has 1 unspecified atom stereocenters. The number of piperazine rings is 1. The van der Waals surface area contributed by atoms with Gasteiger partial charge >= 0.3 is 0 Å². The van der Waals surface area contributed by atoms with Crippen LogP contribution in [0.3, 0.4) is 0 Å². The van der Waals surface area contributed by atoms with Crippen molar-refractivity contribution in [2.24, 2.45) is 5.92 Å². The van der Waals surface area contributed by atoms with Gasteiger partial charge in [-0.2, -0.15) is 0 Å². The van der Waals surface area contributed by atoms with Gasteiger partial charge in [-0.3, -0.25) is 9.59 Å². The molecule has 0 aliphatic carbocycles. The zero-order valence-corrected chi connectivity index (χ0v) is 18.9. The molecule has 1 aliphatic rings. The zero-order valence-electron chi connectivity index (χ0n) is 18.9. The molecule has 1 heterocycles. The molecular weight excluding hydrogens is 390 g/mol. The molecule has 1 fully saturated rings. The predicted molar refractivity (Wildman–Crippen MR) is 121 cm³/mol. The van der Waals surface area contributed by atoms with Crippen LogP contribution in [0.2, 0.25) is 0 Å². The van der Waals surface area contributed by atoms with E-state index < -0.39 is 6.04 Å². The average Bonchev–Trinajstić information content (AvgIpc) is 2.78. The van der Waals surface area contributed by atoms with Crippen LogP contribution in [-0.4, -0.2) is 56.0 Å². The maximum atomic E-state index is 13.6. The highest BCUT2D eigenvalue weighted by Crippen LogP contribution is 2.23. The second-order valence-electron chi connectivity index (χ2n) is 8.52. The van der Waals surface area contributed by atoms with Gasteiger partial charge in [-0.15, -0.1) is 0 Å². The minimum absolute atomic E-state index is 0.00563. The minimum Gasteiger partial charge on any atom is -0.494 e. The third-order valence-electron chi connectivity index (χ3n) is 5.81. The maximum Gasteiger partial charge on any atom is 0.251 e. The standard InChI is InChI=1S/C25H33N3O3/c1-5-31-21-13-11-20(12-14-21)24(29)26-23(18(2)3)25(30)28-16-15-27(4)17-22(28)19-9-7-6-8-10-19/h6-14,18,22-23H,5,15-17H2,1-4H3,(H,26,29)/p+1/t22-,23-/m1/s1. The highest BCUT2D eigenvalue weighted by atomic mass is 16.5. The Labute approximate surface area is 185 Å². The summed E-state index contributed by atoms with van der Waals surface area (Å²) in [6.45, 7) is 8.86. The molecule has 3 atom stereocenters. The van der Waals surface area contributed by atoms with Crippen molar-refractivity contribution in [1.29, 1.82) is 0 Å². The number of hydrogen-bond donors (Lipinski definition) is 2. The molecule has 31 heavy (non-hydrogen) atoms. The van der Waals surface area contributed by atoms with E-state index in [1.54, 1.807) is 24.3 Å².